The fraction of sp³-hybridized carbons (Fsp3) is 0.800. The van der Waals surface area contributed by atoms with Crippen molar-refractivity contribution in [2.45, 2.75) is 20.8 Å². The number of hydrogen-bond acceptors (Lipinski definition) is 3. The molecule has 1 rings (SSSR count). The van der Waals surface area contributed by atoms with Gasteiger partial charge in [-0.05, 0) is 6.92 Å². The maximum Gasteiger partial charge on any atom is 0.109 e. The highest BCUT2D eigenvalue weighted by atomic mass is 15.4. The van der Waals surface area contributed by atoms with Crippen molar-refractivity contribution in [1.29, 1.82) is 0 Å². The number of hydrazine groups is 1. The van der Waals surface area contributed by atoms with Gasteiger partial charge < -0.3 is 5.43 Å². The van der Waals surface area contributed by atoms with Crippen LogP contribution in [0.15, 0.2) is 4.99 Å². The van der Waals surface area contributed by atoms with Crippen molar-refractivity contribution in [3.05, 3.63) is 0 Å². The molecule has 1 heterocycles. The van der Waals surface area contributed by atoms with Crippen molar-refractivity contribution in [3.63, 3.8) is 0 Å². The van der Waals surface area contributed by atoms with Crippen LogP contribution in [0.3, 0.4) is 0 Å². The van der Waals surface area contributed by atoms with Gasteiger partial charge in [0.25, 0.3) is 0 Å². The summed E-state index contributed by atoms with van der Waals surface area (Å²) in [4.78, 5) is 3.93. The molecule has 0 spiro atoms. The van der Waals surface area contributed by atoms with E-state index in [1.165, 1.54) is 0 Å². The number of nitrogens with one attached hydrogen (secondary N) is 2. The number of amidine groups is 1. The molecule has 50 valence electrons. The normalized spacial score (nSPS) is 15.6. The van der Waals surface area contributed by atoms with Gasteiger partial charge in [0.2, 0.25) is 0 Å². The highest BCUT2D eigenvalue weighted by Crippen LogP contribution is 1.73. The zero-order valence-corrected chi connectivity index (χ0v) is 5.65. The summed E-state index contributed by atoms with van der Waals surface area (Å²) in [5, 5.41) is 0. The molecule has 0 atom stereocenters. The van der Waals surface area contributed by atoms with Gasteiger partial charge in [0, 0.05) is 1.43 Å². The van der Waals surface area contributed by atoms with Gasteiger partial charge in [0.05, 0.1) is 0 Å². The maximum absolute atomic E-state index is 3.93. The van der Waals surface area contributed by atoms with Crippen LogP contribution < -0.4 is 10.9 Å². The van der Waals surface area contributed by atoms with E-state index in [1.54, 1.807) is 0 Å². The Kier molecular flexibility index (Phi) is 4.26. The van der Waals surface area contributed by atoms with Crippen LogP contribution in [-0.2, 0) is 0 Å². The van der Waals surface area contributed by atoms with Gasteiger partial charge in [0.15, 0.2) is 0 Å². The first kappa shape index (κ1) is 7.43. The van der Waals surface area contributed by atoms with Gasteiger partial charge in [-0.1, -0.05) is 13.8 Å². The number of hydrogen-bond donors (Lipinski definition) is 2. The van der Waals surface area contributed by atoms with Gasteiger partial charge in [-0.2, -0.15) is 0 Å². The Labute approximate surface area is 51.6 Å². The lowest BCUT2D eigenvalue weighted by Gasteiger charge is -1.87. The van der Waals surface area contributed by atoms with E-state index in [4.69, 9.17) is 0 Å². The van der Waals surface area contributed by atoms with E-state index in [9.17, 15) is 0 Å². The second-order valence-corrected chi connectivity index (χ2v) is 1.20. The molecule has 0 aliphatic carbocycles. The Balaban J connectivity index is 0. The Bertz CT molecular complexity index is 82.3. The molecule has 0 aromatic carbocycles. The molecule has 0 radical (unpaired) electrons. The van der Waals surface area contributed by atoms with Gasteiger partial charge in [-0.3, -0.25) is 4.99 Å². The van der Waals surface area contributed by atoms with E-state index in [0.29, 0.717) is 6.67 Å². The summed E-state index contributed by atoms with van der Waals surface area (Å²) in [6, 6.07) is 0. The average Bonchev–Trinajstić information content (AvgIpc) is 2.24. The molecule has 1 aliphatic rings. The molecule has 8 heavy (non-hydrogen) atoms. The van der Waals surface area contributed by atoms with Gasteiger partial charge >= 0.3 is 0 Å². The Hall–Kier alpha value is -0.570. The SMILES string of the molecule is CC.CC1=NCNN1.[HH]. The van der Waals surface area contributed by atoms with Crippen LogP contribution in [-0.4, -0.2) is 12.5 Å². The molecule has 3 nitrogen and oxygen atoms in total. The summed E-state index contributed by atoms with van der Waals surface area (Å²) < 4.78 is 0. The quantitative estimate of drug-likeness (QED) is 0.491. The average molecular weight is 117 g/mol. The third kappa shape index (κ3) is 2.58. The highest BCUT2D eigenvalue weighted by molar-refractivity contribution is 5.79. The molecular weight excluding hydrogens is 102 g/mol. The molecule has 0 saturated heterocycles. The second kappa shape index (κ2) is 4.59. The summed E-state index contributed by atoms with van der Waals surface area (Å²) in [6.45, 7) is 6.63. The first-order chi connectivity index (χ1) is 3.89. The Morgan fingerprint density at radius 3 is 2.38 bits per heavy atom. The number of aliphatic imine (C=N–C) groups is 1. The van der Waals surface area contributed by atoms with Gasteiger partial charge in [-0.15, -0.1) is 0 Å². The first-order valence-corrected chi connectivity index (χ1v) is 2.89. The van der Waals surface area contributed by atoms with E-state index < -0.39 is 0 Å². The molecule has 2 N–H and O–H groups in total. The molecule has 0 amide bonds. The zero-order valence-electron chi connectivity index (χ0n) is 5.65. The summed E-state index contributed by atoms with van der Waals surface area (Å²) >= 11 is 0. The van der Waals surface area contributed by atoms with Crippen LogP contribution in [0.25, 0.3) is 0 Å². The van der Waals surface area contributed by atoms with Crippen molar-refractivity contribution in [2.75, 3.05) is 6.67 Å². The van der Waals surface area contributed by atoms with E-state index >= 15 is 0 Å². The van der Waals surface area contributed by atoms with E-state index in [1.807, 2.05) is 20.8 Å². The highest BCUT2D eigenvalue weighted by Gasteiger charge is 1.91. The first-order valence-electron chi connectivity index (χ1n) is 2.89. The molecule has 1 aliphatic heterocycles. The van der Waals surface area contributed by atoms with Crippen molar-refractivity contribution < 1.29 is 1.43 Å². The summed E-state index contributed by atoms with van der Waals surface area (Å²) in [6.07, 6.45) is 0. The third-order valence-corrected chi connectivity index (χ3v) is 0.665. The molecule has 0 unspecified atom stereocenters. The standard InChI is InChI=1S/C3H7N3.C2H6.H2/c1-3-4-2-5-6-3;1-2;/h5H,2H2,1H3,(H,4,6);1-2H3;1H. The van der Waals surface area contributed by atoms with Crippen LogP contribution in [0.4, 0.5) is 0 Å². The van der Waals surface area contributed by atoms with Crippen molar-refractivity contribution in [2.24, 2.45) is 4.99 Å². The monoisotopic (exact) mass is 117 g/mol. The van der Waals surface area contributed by atoms with Crippen LogP contribution in [0.2, 0.25) is 0 Å². The predicted molar refractivity (Wildman–Crippen MR) is 37.7 cm³/mol. The number of rotatable bonds is 0. The minimum Gasteiger partial charge on any atom is -0.308 e. The van der Waals surface area contributed by atoms with E-state index in [0.717, 1.165) is 5.84 Å². The van der Waals surface area contributed by atoms with E-state index in [-0.39, 0.29) is 1.43 Å². The topological polar surface area (TPSA) is 36.4 Å². The van der Waals surface area contributed by atoms with Crippen LogP contribution in [0.5, 0.6) is 0 Å². The van der Waals surface area contributed by atoms with E-state index in [2.05, 4.69) is 15.8 Å². The van der Waals surface area contributed by atoms with Crippen molar-refractivity contribution in [3.8, 4) is 0 Å². The molecule has 0 bridgehead atoms. The van der Waals surface area contributed by atoms with Crippen molar-refractivity contribution in [1.82, 2.24) is 10.9 Å². The minimum atomic E-state index is 0. The van der Waals surface area contributed by atoms with Crippen LogP contribution >= 0.6 is 0 Å². The lowest BCUT2D eigenvalue weighted by molar-refractivity contribution is 0.726. The van der Waals surface area contributed by atoms with Crippen LogP contribution in [0, 0.1) is 0 Å². The number of nitrogens with zero attached hydrogens (tertiary/aromatic N) is 1. The molecule has 3 heteroatoms. The summed E-state index contributed by atoms with van der Waals surface area (Å²) in [5.41, 5.74) is 5.64. The minimum absolute atomic E-state index is 0. The summed E-state index contributed by atoms with van der Waals surface area (Å²) in [5.74, 6) is 0.968. The fourth-order valence-electron chi connectivity index (χ4n) is 0.365. The lowest BCUT2D eigenvalue weighted by atomic mass is 10.7. The molecule has 0 saturated carbocycles. The smallest absolute Gasteiger partial charge is 0.109 e. The van der Waals surface area contributed by atoms with Crippen molar-refractivity contribution >= 4 is 5.84 Å². The zero-order chi connectivity index (χ0) is 6.41. The largest absolute Gasteiger partial charge is 0.308 e. The molecule has 0 fully saturated rings. The third-order valence-electron chi connectivity index (χ3n) is 0.665. The Morgan fingerprint density at radius 1 is 1.62 bits per heavy atom. The lowest BCUT2D eigenvalue weighted by Crippen LogP contribution is -2.27. The van der Waals surface area contributed by atoms with Gasteiger partial charge in [-0.25, -0.2) is 5.43 Å². The molecular formula is C5H15N3. The summed E-state index contributed by atoms with van der Waals surface area (Å²) in [7, 11) is 0. The molecule has 0 aromatic heterocycles. The molecule has 0 aromatic rings. The predicted octanol–water partition coefficient (Wildman–Crippen LogP) is 0.742. The fourth-order valence-corrected chi connectivity index (χ4v) is 0.365. The maximum atomic E-state index is 3.93. The second-order valence-electron chi connectivity index (χ2n) is 1.20. The Morgan fingerprint density at radius 2 is 2.25 bits per heavy atom. The van der Waals surface area contributed by atoms with Crippen LogP contribution in [0.1, 0.15) is 22.2 Å². The van der Waals surface area contributed by atoms with Gasteiger partial charge in [0.1, 0.15) is 12.5 Å².